The van der Waals surface area contributed by atoms with Crippen LogP contribution in [-0.2, 0) is 18.0 Å². The van der Waals surface area contributed by atoms with E-state index in [1.807, 2.05) is 0 Å². The number of hydrogen-bond donors (Lipinski definition) is 1. The summed E-state index contributed by atoms with van der Waals surface area (Å²) in [5.41, 5.74) is -1.43. The molecular weight excluding hydrogens is 390 g/mol. The number of nitrogens with zero attached hydrogens (tertiary/aromatic N) is 2. The first-order valence-electron chi connectivity index (χ1n) is 8.43. The molecule has 0 saturated carbocycles. The fourth-order valence-corrected chi connectivity index (χ4v) is 2.94. The number of alkyl halides is 3. The average Bonchev–Trinajstić information content (AvgIpc) is 3.07. The Hall–Kier alpha value is -3.49. The second kappa shape index (κ2) is 7.86. The van der Waals surface area contributed by atoms with Crippen LogP contribution in [0.15, 0.2) is 54.7 Å². The molecule has 150 valence electrons. The summed E-state index contributed by atoms with van der Waals surface area (Å²) in [5.74, 6) is -1.47. The molecule has 1 aromatic heterocycles. The predicted molar refractivity (Wildman–Crippen MR) is 96.3 cm³/mol. The van der Waals surface area contributed by atoms with Crippen LogP contribution in [0.1, 0.15) is 27.5 Å². The molecule has 2 aromatic carbocycles. The van der Waals surface area contributed by atoms with Crippen molar-refractivity contribution >= 4 is 12.2 Å². The Morgan fingerprint density at radius 3 is 2.45 bits per heavy atom. The molecular formula is C20H15F4N3O2. The number of aldehydes is 1. The maximum Gasteiger partial charge on any atom is 0.416 e. The van der Waals surface area contributed by atoms with Gasteiger partial charge in [-0.25, -0.2) is 4.39 Å². The van der Waals surface area contributed by atoms with Crippen molar-refractivity contribution in [1.82, 2.24) is 15.1 Å². The van der Waals surface area contributed by atoms with Gasteiger partial charge >= 0.3 is 6.18 Å². The normalized spacial score (nSPS) is 12.4. The van der Waals surface area contributed by atoms with Crippen LogP contribution in [0.3, 0.4) is 0 Å². The van der Waals surface area contributed by atoms with Crippen molar-refractivity contribution in [2.24, 2.45) is 7.05 Å². The van der Waals surface area contributed by atoms with Crippen LogP contribution < -0.4 is 5.32 Å². The molecule has 3 rings (SSSR count). The topological polar surface area (TPSA) is 64.0 Å². The zero-order valence-electron chi connectivity index (χ0n) is 15.1. The second-order valence-corrected chi connectivity index (χ2v) is 6.22. The van der Waals surface area contributed by atoms with E-state index in [1.54, 1.807) is 6.07 Å². The summed E-state index contributed by atoms with van der Waals surface area (Å²) in [5, 5.41) is 6.34. The Morgan fingerprint density at radius 2 is 1.79 bits per heavy atom. The maximum atomic E-state index is 14.1. The molecule has 1 heterocycles. The summed E-state index contributed by atoms with van der Waals surface area (Å²) in [6.45, 7) is 0. The van der Waals surface area contributed by atoms with E-state index in [0.717, 1.165) is 12.1 Å². The summed E-state index contributed by atoms with van der Waals surface area (Å²) in [6, 6.07) is 8.56. The van der Waals surface area contributed by atoms with Gasteiger partial charge in [0.15, 0.2) is 0 Å². The van der Waals surface area contributed by atoms with Crippen molar-refractivity contribution in [1.29, 1.82) is 0 Å². The number of rotatable bonds is 5. The standard InChI is InChI=1S/C20H15F4N3O2/c1-27-10-14(18(26-27)13-7-3-5-9-16(13)21)19(29)25-17(11-28)12-6-2-4-8-15(12)20(22,23)24/h2-11,17H,1H3,(H,25,29). The molecule has 5 nitrogen and oxygen atoms in total. The molecule has 0 aliphatic rings. The molecule has 1 N–H and O–H groups in total. The van der Waals surface area contributed by atoms with Crippen molar-refractivity contribution in [3.63, 3.8) is 0 Å². The van der Waals surface area contributed by atoms with Crippen LogP contribution in [0.5, 0.6) is 0 Å². The molecule has 0 aliphatic carbocycles. The van der Waals surface area contributed by atoms with Crippen molar-refractivity contribution in [3.05, 3.63) is 77.2 Å². The highest BCUT2D eigenvalue weighted by Gasteiger charge is 2.35. The van der Waals surface area contributed by atoms with Gasteiger partial charge in [0, 0.05) is 18.8 Å². The van der Waals surface area contributed by atoms with Gasteiger partial charge in [-0.05, 0) is 23.8 Å². The van der Waals surface area contributed by atoms with Gasteiger partial charge in [0.05, 0.1) is 11.1 Å². The molecule has 0 saturated heterocycles. The highest BCUT2D eigenvalue weighted by atomic mass is 19.4. The monoisotopic (exact) mass is 405 g/mol. The fourth-order valence-electron chi connectivity index (χ4n) is 2.94. The lowest BCUT2D eigenvalue weighted by Crippen LogP contribution is -2.31. The third-order valence-corrected chi connectivity index (χ3v) is 4.23. The molecule has 0 bridgehead atoms. The number of aromatic nitrogens is 2. The predicted octanol–water partition coefficient (Wildman–Crippen LogP) is 3.92. The maximum absolute atomic E-state index is 14.1. The van der Waals surface area contributed by atoms with E-state index < -0.39 is 29.5 Å². The average molecular weight is 405 g/mol. The SMILES string of the molecule is Cn1cc(C(=O)NC(C=O)c2ccccc2C(F)(F)F)c(-c2ccccc2F)n1. The van der Waals surface area contributed by atoms with E-state index in [9.17, 15) is 27.2 Å². The Balaban J connectivity index is 1.97. The van der Waals surface area contributed by atoms with Gasteiger partial charge in [0.2, 0.25) is 0 Å². The minimum Gasteiger partial charge on any atom is -0.338 e. The zero-order valence-corrected chi connectivity index (χ0v) is 15.1. The number of carbonyl (C=O) groups excluding carboxylic acids is 2. The van der Waals surface area contributed by atoms with Crippen LogP contribution in [0, 0.1) is 5.82 Å². The first-order valence-corrected chi connectivity index (χ1v) is 8.43. The van der Waals surface area contributed by atoms with E-state index in [0.29, 0.717) is 0 Å². The van der Waals surface area contributed by atoms with Crippen LogP contribution in [0.2, 0.25) is 0 Å². The number of nitrogens with one attached hydrogen (secondary N) is 1. The van der Waals surface area contributed by atoms with Gasteiger partial charge in [-0.3, -0.25) is 9.48 Å². The molecule has 0 fully saturated rings. The molecule has 0 aliphatic heterocycles. The molecule has 0 spiro atoms. The number of carbonyl (C=O) groups is 2. The summed E-state index contributed by atoms with van der Waals surface area (Å²) in [7, 11) is 1.51. The Kier molecular flexibility index (Phi) is 5.49. The Bertz CT molecular complexity index is 1060. The largest absolute Gasteiger partial charge is 0.416 e. The van der Waals surface area contributed by atoms with Gasteiger partial charge in [-0.15, -0.1) is 0 Å². The van der Waals surface area contributed by atoms with E-state index >= 15 is 0 Å². The molecule has 9 heteroatoms. The highest BCUT2D eigenvalue weighted by Crippen LogP contribution is 2.34. The number of halogens is 4. The van der Waals surface area contributed by atoms with Gasteiger partial charge in [0.1, 0.15) is 23.8 Å². The van der Waals surface area contributed by atoms with E-state index in [4.69, 9.17) is 0 Å². The van der Waals surface area contributed by atoms with Gasteiger partial charge in [0.25, 0.3) is 5.91 Å². The minimum absolute atomic E-state index is 0.0110. The van der Waals surface area contributed by atoms with Gasteiger partial charge in [-0.2, -0.15) is 18.3 Å². The number of aryl methyl sites for hydroxylation is 1. The molecule has 3 aromatic rings. The number of amides is 1. The van der Waals surface area contributed by atoms with Crippen LogP contribution in [-0.4, -0.2) is 22.0 Å². The van der Waals surface area contributed by atoms with Crippen LogP contribution in [0.25, 0.3) is 11.3 Å². The number of benzene rings is 2. The summed E-state index contributed by atoms with van der Waals surface area (Å²) >= 11 is 0. The lowest BCUT2D eigenvalue weighted by molar-refractivity contribution is -0.138. The molecule has 1 unspecified atom stereocenters. The minimum atomic E-state index is -4.70. The van der Waals surface area contributed by atoms with Crippen LogP contribution in [0.4, 0.5) is 17.6 Å². The third kappa shape index (κ3) is 4.18. The van der Waals surface area contributed by atoms with E-state index in [2.05, 4.69) is 10.4 Å². The lowest BCUT2D eigenvalue weighted by Gasteiger charge is -2.18. The quantitative estimate of drug-likeness (QED) is 0.517. The Morgan fingerprint density at radius 1 is 1.14 bits per heavy atom. The summed E-state index contributed by atoms with van der Waals surface area (Å²) in [6.07, 6.45) is -3.19. The lowest BCUT2D eigenvalue weighted by atomic mass is 10.00. The molecule has 1 amide bonds. The van der Waals surface area contributed by atoms with E-state index in [-0.39, 0.29) is 28.7 Å². The van der Waals surface area contributed by atoms with Gasteiger partial charge < -0.3 is 10.1 Å². The smallest absolute Gasteiger partial charge is 0.338 e. The first-order chi connectivity index (χ1) is 13.7. The summed E-state index contributed by atoms with van der Waals surface area (Å²) < 4.78 is 55.2. The van der Waals surface area contributed by atoms with Gasteiger partial charge in [-0.1, -0.05) is 30.3 Å². The third-order valence-electron chi connectivity index (χ3n) is 4.23. The Labute approximate surface area is 163 Å². The highest BCUT2D eigenvalue weighted by molar-refractivity contribution is 6.01. The van der Waals surface area contributed by atoms with E-state index in [1.165, 1.54) is 48.3 Å². The summed E-state index contributed by atoms with van der Waals surface area (Å²) in [4.78, 5) is 24.2. The van der Waals surface area contributed by atoms with Crippen molar-refractivity contribution < 1.29 is 27.2 Å². The van der Waals surface area contributed by atoms with Crippen molar-refractivity contribution in [3.8, 4) is 11.3 Å². The van der Waals surface area contributed by atoms with Crippen molar-refractivity contribution in [2.45, 2.75) is 12.2 Å². The van der Waals surface area contributed by atoms with Crippen molar-refractivity contribution in [2.75, 3.05) is 0 Å². The second-order valence-electron chi connectivity index (χ2n) is 6.22. The molecule has 0 radical (unpaired) electrons. The molecule has 1 atom stereocenters. The fraction of sp³-hybridized carbons (Fsp3) is 0.150. The molecule has 29 heavy (non-hydrogen) atoms. The zero-order chi connectivity index (χ0) is 21.2. The first kappa shape index (κ1) is 20.2. The van der Waals surface area contributed by atoms with Crippen LogP contribution >= 0.6 is 0 Å². The number of hydrogen-bond acceptors (Lipinski definition) is 3.